The fourth-order valence-electron chi connectivity index (χ4n) is 2.84. The quantitative estimate of drug-likeness (QED) is 0.745. The van der Waals surface area contributed by atoms with Crippen LogP contribution < -0.4 is 4.90 Å². The molecule has 0 spiro atoms. The van der Waals surface area contributed by atoms with Gasteiger partial charge in [-0.3, -0.25) is 4.79 Å². The number of carbonyl (C=O) groups excluding carboxylic acids is 1. The van der Waals surface area contributed by atoms with Gasteiger partial charge in [0, 0.05) is 24.2 Å². The summed E-state index contributed by atoms with van der Waals surface area (Å²) in [6.45, 7) is 0.569. The fourth-order valence-corrected chi connectivity index (χ4v) is 2.84. The number of benzene rings is 2. The van der Waals surface area contributed by atoms with Crippen LogP contribution in [0.2, 0.25) is 0 Å². The highest BCUT2D eigenvalue weighted by Gasteiger charge is 2.35. The molecule has 1 aliphatic heterocycles. The standard InChI is InChI=1S/C18H15N3O2/c22-16-11-14(12-21(16)15-9-5-2-6-10-15)18-19-17(20-23-18)13-7-3-1-4-8-13/h1-10,14H,11-12H2. The summed E-state index contributed by atoms with van der Waals surface area (Å²) in [5.41, 5.74) is 1.81. The molecule has 1 fully saturated rings. The molecule has 1 unspecified atom stereocenters. The van der Waals surface area contributed by atoms with Gasteiger partial charge in [0.1, 0.15) is 0 Å². The maximum Gasteiger partial charge on any atom is 0.232 e. The van der Waals surface area contributed by atoms with Gasteiger partial charge in [-0.1, -0.05) is 53.7 Å². The maximum atomic E-state index is 12.3. The van der Waals surface area contributed by atoms with E-state index >= 15 is 0 Å². The first-order chi connectivity index (χ1) is 11.3. The van der Waals surface area contributed by atoms with Gasteiger partial charge >= 0.3 is 0 Å². The van der Waals surface area contributed by atoms with Crippen LogP contribution in [0, 0.1) is 0 Å². The summed E-state index contributed by atoms with van der Waals surface area (Å²) < 4.78 is 5.40. The van der Waals surface area contributed by atoms with Crippen molar-refractivity contribution in [2.45, 2.75) is 12.3 Å². The second kappa shape index (κ2) is 5.68. The SMILES string of the molecule is O=C1CC(c2nc(-c3ccccc3)no2)CN1c1ccccc1. The molecule has 1 aliphatic rings. The van der Waals surface area contributed by atoms with Crippen LogP contribution in [-0.2, 0) is 4.79 Å². The number of para-hydroxylation sites is 1. The van der Waals surface area contributed by atoms with Crippen LogP contribution >= 0.6 is 0 Å². The van der Waals surface area contributed by atoms with E-state index in [4.69, 9.17) is 4.52 Å². The van der Waals surface area contributed by atoms with Crippen molar-refractivity contribution < 1.29 is 9.32 Å². The van der Waals surface area contributed by atoms with E-state index in [2.05, 4.69) is 10.1 Å². The predicted octanol–water partition coefficient (Wildman–Crippen LogP) is 3.26. The lowest BCUT2D eigenvalue weighted by Gasteiger charge is -2.15. The zero-order valence-corrected chi connectivity index (χ0v) is 12.4. The Morgan fingerprint density at radius 2 is 1.70 bits per heavy atom. The molecule has 2 aromatic carbocycles. The molecule has 5 nitrogen and oxygen atoms in total. The second-order valence-electron chi connectivity index (χ2n) is 5.56. The minimum Gasteiger partial charge on any atom is -0.339 e. The summed E-state index contributed by atoms with van der Waals surface area (Å²) in [6, 6.07) is 19.3. The van der Waals surface area contributed by atoms with Gasteiger partial charge < -0.3 is 9.42 Å². The Balaban J connectivity index is 1.56. The zero-order valence-electron chi connectivity index (χ0n) is 12.4. The maximum absolute atomic E-state index is 12.3. The van der Waals surface area contributed by atoms with E-state index in [9.17, 15) is 4.79 Å². The number of hydrogen-bond donors (Lipinski definition) is 0. The van der Waals surface area contributed by atoms with Crippen molar-refractivity contribution in [3.05, 3.63) is 66.6 Å². The predicted molar refractivity (Wildman–Crippen MR) is 85.9 cm³/mol. The van der Waals surface area contributed by atoms with Crippen molar-refractivity contribution in [3.8, 4) is 11.4 Å². The normalized spacial score (nSPS) is 17.7. The molecule has 0 saturated carbocycles. The van der Waals surface area contributed by atoms with Gasteiger partial charge in [-0.25, -0.2) is 0 Å². The van der Waals surface area contributed by atoms with Crippen LogP contribution in [0.5, 0.6) is 0 Å². The monoisotopic (exact) mass is 305 g/mol. The van der Waals surface area contributed by atoms with Crippen molar-refractivity contribution >= 4 is 11.6 Å². The van der Waals surface area contributed by atoms with Crippen LogP contribution in [-0.4, -0.2) is 22.6 Å². The van der Waals surface area contributed by atoms with E-state index in [1.807, 2.05) is 60.7 Å². The lowest BCUT2D eigenvalue weighted by atomic mass is 10.1. The van der Waals surface area contributed by atoms with Crippen molar-refractivity contribution in [3.63, 3.8) is 0 Å². The average molecular weight is 305 g/mol. The van der Waals surface area contributed by atoms with Crippen LogP contribution in [0.25, 0.3) is 11.4 Å². The zero-order chi connectivity index (χ0) is 15.6. The summed E-state index contributed by atoms with van der Waals surface area (Å²) in [7, 11) is 0. The van der Waals surface area contributed by atoms with Crippen molar-refractivity contribution in [2.75, 3.05) is 11.4 Å². The first-order valence-corrected chi connectivity index (χ1v) is 7.56. The first kappa shape index (κ1) is 13.7. The van der Waals surface area contributed by atoms with E-state index in [-0.39, 0.29) is 11.8 Å². The molecule has 1 atom stereocenters. The third-order valence-electron chi connectivity index (χ3n) is 4.02. The number of rotatable bonds is 3. The van der Waals surface area contributed by atoms with Crippen LogP contribution in [0.3, 0.4) is 0 Å². The molecule has 1 saturated heterocycles. The average Bonchev–Trinajstić information content (AvgIpc) is 3.23. The summed E-state index contributed by atoms with van der Waals surface area (Å²) in [5.74, 6) is 1.11. The fraction of sp³-hybridized carbons (Fsp3) is 0.167. The molecular formula is C18H15N3O2. The van der Waals surface area contributed by atoms with Crippen LogP contribution in [0.1, 0.15) is 18.2 Å². The molecule has 114 valence electrons. The Labute approximate surface area is 133 Å². The second-order valence-corrected chi connectivity index (χ2v) is 5.56. The van der Waals surface area contributed by atoms with Gasteiger partial charge in [0.25, 0.3) is 0 Å². The third kappa shape index (κ3) is 2.61. The van der Waals surface area contributed by atoms with E-state index in [1.54, 1.807) is 4.90 Å². The number of carbonyl (C=O) groups is 1. The minimum atomic E-state index is -0.0623. The molecule has 0 bridgehead atoms. The summed E-state index contributed by atoms with van der Waals surface area (Å²) in [5, 5.41) is 4.04. The molecule has 0 radical (unpaired) electrons. The van der Waals surface area contributed by atoms with Crippen LogP contribution in [0.4, 0.5) is 5.69 Å². The van der Waals surface area contributed by atoms with Gasteiger partial charge in [0.2, 0.25) is 17.6 Å². The highest BCUT2D eigenvalue weighted by Crippen LogP contribution is 2.31. The minimum absolute atomic E-state index is 0.0623. The van der Waals surface area contributed by atoms with Gasteiger partial charge in [-0.05, 0) is 12.1 Å². The van der Waals surface area contributed by atoms with Crippen molar-refractivity contribution in [1.29, 1.82) is 0 Å². The van der Waals surface area contributed by atoms with E-state index in [0.717, 1.165) is 11.3 Å². The molecule has 2 heterocycles. The Kier molecular flexibility index (Phi) is 3.38. The molecule has 0 aliphatic carbocycles. The van der Waals surface area contributed by atoms with E-state index in [0.29, 0.717) is 24.7 Å². The number of anilines is 1. The summed E-state index contributed by atoms with van der Waals surface area (Å²) >= 11 is 0. The molecule has 0 N–H and O–H groups in total. The first-order valence-electron chi connectivity index (χ1n) is 7.56. The number of aromatic nitrogens is 2. The number of hydrogen-bond acceptors (Lipinski definition) is 4. The highest BCUT2D eigenvalue weighted by molar-refractivity contribution is 5.96. The topological polar surface area (TPSA) is 59.2 Å². The van der Waals surface area contributed by atoms with Crippen molar-refractivity contribution in [2.24, 2.45) is 0 Å². The molecule has 1 aromatic heterocycles. The Morgan fingerprint density at radius 1 is 1.00 bits per heavy atom. The smallest absolute Gasteiger partial charge is 0.232 e. The molecule has 1 amide bonds. The Bertz CT molecular complexity index is 815. The van der Waals surface area contributed by atoms with Gasteiger partial charge in [-0.15, -0.1) is 0 Å². The summed E-state index contributed by atoms with van der Waals surface area (Å²) in [6.07, 6.45) is 0.394. The number of nitrogens with zero attached hydrogens (tertiary/aromatic N) is 3. The highest BCUT2D eigenvalue weighted by atomic mass is 16.5. The molecule has 23 heavy (non-hydrogen) atoms. The van der Waals surface area contributed by atoms with Gasteiger partial charge in [-0.2, -0.15) is 4.98 Å². The largest absolute Gasteiger partial charge is 0.339 e. The molecule has 3 aromatic rings. The third-order valence-corrected chi connectivity index (χ3v) is 4.02. The van der Waals surface area contributed by atoms with Gasteiger partial charge in [0.15, 0.2) is 0 Å². The Hall–Kier alpha value is -2.95. The lowest BCUT2D eigenvalue weighted by Crippen LogP contribution is -2.24. The molecule has 5 heteroatoms. The Morgan fingerprint density at radius 3 is 2.43 bits per heavy atom. The van der Waals surface area contributed by atoms with Crippen LogP contribution in [0.15, 0.2) is 65.2 Å². The van der Waals surface area contributed by atoms with Gasteiger partial charge in [0.05, 0.1) is 5.92 Å². The molecular weight excluding hydrogens is 290 g/mol. The lowest BCUT2D eigenvalue weighted by molar-refractivity contribution is -0.117. The summed E-state index contributed by atoms with van der Waals surface area (Å²) in [4.78, 5) is 18.5. The number of amides is 1. The molecule has 4 rings (SSSR count). The van der Waals surface area contributed by atoms with E-state index in [1.165, 1.54) is 0 Å². The van der Waals surface area contributed by atoms with Crippen molar-refractivity contribution in [1.82, 2.24) is 10.1 Å². The van der Waals surface area contributed by atoms with E-state index < -0.39 is 0 Å².